The third-order valence-corrected chi connectivity index (χ3v) is 4.96. The number of hydrogen-bond acceptors (Lipinski definition) is 4. The van der Waals surface area contributed by atoms with Gasteiger partial charge in [0.2, 0.25) is 5.91 Å². The van der Waals surface area contributed by atoms with Crippen molar-refractivity contribution >= 4 is 11.9 Å². The zero-order valence-corrected chi connectivity index (χ0v) is 15.7. The molecule has 26 heavy (non-hydrogen) atoms. The van der Waals surface area contributed by atoms with Crippen LogP contribution in [0.1, 0.15) is 31.2 Å². The summed E-state index contributed by atoms with van der Waals surface area (Å²) in [4.78, 5) is 27.4. The summed E-state index contributed by atoms with van der Waals surface area (Å²) in [5, 5.41) is 0. The molecule has 6 heteroatoms. The van der Waals surface area contributed by atoms with Crippen molar-refractivity contribution in [2.45, 2.75) is 32.1 Å². The molecular formula is C20H29FN2O3. The Morgan fingerprint density at radius 2 is 2.00 bits per heavy atom. The van der Waals surface area contributed by atoms with Crippen molar-refractivity contribution in [3.8, 4) is 0 Å². The molecule has 5 nitrogen and oxygen atoms in total. The SMILES string of the molecule is COC(=O)CCC(=O)N(C)CC1CCCN(CCc2ccc(F)cc2)C1. The highest BCUT2D eigenvalue weighted by Crippen LogP contribution is 2.18. The van der Waals surface area contributed by atoms with Crippen LogP contribution in [0.4, 0.5) is 4.39 Å². The summed E-state index contributed by atoms with van der Waals surface area (Å²) in [6, 6.07) is 6.68. The lowest BCUT2D eigenvalue weighted by atomic mass is 9.97. The van der Waals surface area contributed by atoms with E-state index in [0.29, 0.717) is 12.5 Å². The molecule has 1 aromatic carbocycles. The summed E-state index contributed by atoms with van der Waals surface area (Å²) in [7, 11) is 3.14. The van der Waals surface area contributed by atoms with Crippen LogP contribution in [0.2, 0.25) is 0 Å². The van der Waals surface area contributed by atoms with E-state index < -0.39 is 0 Å². The number of halogens is 1. The number of nitrogens with zero attached hydrogens (tertiary/aromatic N) is 2. The Balaban J connectivity index is 1.73. The van der Waals surface area contributed by atoms with E-state index in [9.17, 15) is 14.0 Å². The van der Waals surface area contributed by atoms with Gasteiger partial charge in [-0.3, -0.25) is 9.59 Å². The van der Waals surface area contributed by atoms with Gasteiger partial charge in [-0.25, -0.2) is 4.39 Å². The second-order valence-corrected chi connectivity index (χ2v) is 7.04. The number of ether oxygens (including phenoxy) is 1. The molecule has 0 aromatic heterocycles. The number of hydrogen-bond donors (Lipinski definition) is 0. The highest BCUT2D eigenvalue weighted by molar-refractivity contribution is 5.81. The molecule has 1 aromatic rings. The standard InChI is InChI=1S/C20H29FN2O3/c1-22(19(24)9-10-20(25)26-2)14-17-4-3-12-23(15-17)13-11-16-5-7-18(21)8-6-16/h5-8,17H,3-4,9-15H2,1-2H3. The molecule has 1 unspecified atom stereocenters. The summed E-state index contributed by atoms with van der Waals surface area (Å²) < 4.78 is 17.5. The van der Waals surface area contributed by atoms with Crippen LogP contribution in [-0.2, 0) is 20.7 Å². The molecule has 0 aliphatic carbocycles. The van der Waals surface area contributed by atoms with E-state index in [0.717, 1.165) is 44.5 Å². The van der Waals surface area contributed by atoms with E-state index in [2.05, 4.69) is 9.64 Å². The summed E-state index contributed by atoms with van der Waals surface area (Å²) in [5.74, 6) is -0.119. The number of methoxy groups -OCH3 is 1. The van der Waals surface area contributed by atoms with E-state index >= 15 is 0 Å². The molecule has 1 heterocycles. The minimum Gasteiger partial charge on any atom is -0.469 e. The lowest BCUT2D eigenvalue weighted by Gasteiger charge is -2.34. The van der Waals surface area contributed by atoms with Gasteiger partial charge in [-0.05, 0) is 49.4 Å². The van der Waals surface area contributed by atoms with Crippen molar-refractivity contribution in [1.29, 1.82) is 0 Å². The van der Waals surface area contributed by atoms with Gasteiger partial charge in [0.25, 0.3) is 0 Å². The van der Waals surface area contributed by atoms with E-state index in [4.69, 9.17) is 0 Å². The predicted octanol–water partition coefficient (Wildman–Crippen LogP) is 2.49. The van der Waals surface area contributed by atoms with Crippen molar-refractivity contribution in [2.24, 2.45) is 5.92 Å². The maximum absolute atomic E-state index is 13.0. The van der Waals surface area contributed by atoms with Crippen LogP contribution < -0.4 is 0 Å². The second kappa shape index (κ2) is 10.3. The number of amides is 1. The minimum absolute atomic E-state index is 0.0150. The fourth-order valence-corrected chi connectivity index (χ4v) is 3.43. The van der Waals surface area contributed by atoms with Crippen LogP contribution in [0, 0.1) is 11.7 Å². The lowest BCUT2D eigenvalue weighted by molar-refractivity contribution is -0.143. The van der Waals surface area contributed by atoms with Gasteiger partial charge < -0.3 is 14.5 Å². The molecule has 0 radical (unpaired) electrons. The van der Waals surface area contributed by atoms with Gasteiger partial charge in [-0.15, -0.1) is 0 Å². The smallest absolute Gasteiger partial charge is 0.306 e. The van der Waals surface area contributed by atoms with Crippen LogP contribution in [0.5, 0.6) is 0 Å². The zero-order chi connectivity index (χ0) is 18.9. The molecule has 1 aliphatic heterocycles. The Labute approximate surface area is 155 Å². The molecular weight excluding hydrogens is 335 g/mol. The van der Waals surface area contributed by atoms with Crippen LogP contribution >= 0.6 is 0 Å². The van der Waals surface area contributed by atoms with Crippen molar-refractivity contribution in [3.05, 3.63) is 35.6 Å². The fraction of sp³-hybridized carbons (Fsp3) is 0.600. The number of benzene rings is 1. The van der Waals surface area contributed by atoms with Gasteiger partial charge in [0.1, 0.15) is 5.82 Å². The van der Waals surface area contributed by atoms with E-state index in [1.807, 2.05) is 12.1 Å². The van der Waals surface area contributed by atoms with Crippen molar-refractivity contribution in [1.82, 2.24) is 9.80 Å². The number of piperidine rings is 1. The Morgan fingerprint density at radius 3 is 2.69 bits per heavy atom. The Hall–Kier alpha value is -1.95. The summed E-state index contributed by atoms with van der Waals surface area (Å²) in [6.07, 6.45) is 3.47. The van der Waals surface area contributed by atoms with Gasteiger partial charge in [0.05, 0.1) is 13.5 Å². The first-order valence-electron chi connectivity index (χ1n) is 9.25. The van der Waals surface area contributed by atoms with Crippen molar-refractivity contribution in [3.63, 3.8) is 0 Å². The van der Waals surface area contributed by atoms with Gasteiger partial charge in [-0.2, -0.15) is 0 Å². The van der Waals surface area contributed by atoms with Crippen LogP contribution in [0.3, 0.4) is 0 Å². The maximum Gasteiger partial charge on any atom is 0.306 e. The molecule has 1 aliphatic rings. The van der Waals surface area contributed by atoms with Gasteiger partial charge in [-0.1, -0.05) is 12.1 Å². The van der Waals surface area contributed by atoms with E-state index in [-0.39, 0.29) is 30.5 Å². The summed E-state index contributed by atoms with van der Waals surface area (Å²) in [5.41, 5.74) is 1.14. The number of rotatable bonds is 8. The van der Waals surface area contributed by atoms with E-state index in [1.165, 1.54) is 19.2 Å². The Bertz CT molecular complexity index is 591. The third-order valence-electron chi connectivity index (χ3n) is 4.96. The first-order valence-corrected chi connectivity index (χ1v) is 9.25. The van der Waals surface area contributed by atoms with Crippen LogP contribution in [0.25, 0.3) is 0 Å². The fourth-order valence-electron chi connectivity index (χ4n) is 3.43. The molecule has 2 rings (SSSR count). The maximum atomic E-state index is 13.0. The summed E-state index contributed by atoms with van der Waals surface area (Å²) >= 11 is 0. The molecule has 1 amide bonds. The Morgan fingerprint density at radius 1 is 1.27 bits per heavy atom. The molecule has 1 saturated heterocycles. The third kappa shape index (κ3) is 6.75. The van der Waals surface area contributed by atoms with Gasteiger partial charge in [0, 0.05) is 33.1 Å². The number of esters is 1. The first kappa shape index (κ1) is 20.4. The van der Waals surface area contributed by atoms with Crippen molar-refractivity contribution in [2.75, 3.05) is 40.3 Å². The van der Waals surface area contributed by atoms with Gasteiger partial charge >= 0.3 is 5.97 Å². The van der Waals surface area contributed by atoms with Crippen molar-refractivity contribution < 1.29 is 18.7 Å². The monoisotopic (exact) mass is 364 g/mol. The second-order valence-electron chi connectivity index (χ2n) is 7.04. The highest BCUT2D eigenvalue weighted by Gasteiger charge is 2.22. The van der Waals surface area contributed by atoms with Crippen LogP contribution in [0.15, 0.2) is 24.3 Å². The first-order chi connectivity index (χ1) is 12.5. The number of likely N-dealkylation sites (tertiary alicyclic amines) is 1. The average molecular weight is 364 g/mol. The molecule has 0 spiro atoms. The quantitative estimate of drug-likeness (QED) is 0.665. The van der Waals surface area contributed by atoms with E-state index in [1.54, 1.807) is 11.9 Å². The number of carbonyl (C=O) groups is 2. The van der Waals surface area contributed by atoms with Gasteiger partial charge in [0.15, 0.2) is 0 Å². The predicted molar refractivity (Wildman–Crippen MR) is 98.2 cm³/mol. The number of carbonyl (C=O) groups excluding carboxylic acids is 2. The molecule has 0 N–H and O–H groups in total. The van der Waals surface area contributed by atoms with Crippen LogP contribution in [-0.4, -0.2) is 62.0 Å². The molecule has 1 fully saturated rings. The lowest BCUT2D eigenvalue weighted by Crippen LogP contribution is -2.42. The normalized spacial score (nSPS) is 17.7. The molecule has 0 saturated carbocycles. The molecule has 1 atom stereocenters. The highest BCUT2D eigenvalue weighted by atomic mass is 19.1. The average Bonchev–Trinajstić information content (AvgIpc) is 2.65. The molecule has 0 bridgehead atoms. The summed E-state index contributed by atoms with van der Waals surface area (Å²) in [6.45, 7) is 3.70. The Kier molecular flexibility index (Phi) is 8.04. The topological polar surface area (TPSA) is 49.9 Å². The zero-order valence-electron chi connectivity index (χ0n) is 15.7. The molecule has 144 valence electrons. The largest absolute Gasteiger partial charge is 0.469 e. The minimum atomic E-state index is -0.351.